The first-order valence-electron chi connectivity index (χ1n) is 10.8. The van der Waals surface area contributed by atoms with Gasteiger partial charge in [-0.2, -0.15) is 0 Å². The van der Waals surface area contributed by atoms with Crippen molar-refractivity contribution in [1.29, 1.82) is 0 Å². The highest BCUT2D eigenvalue weighted by Crippen LogP contribution is 2.34. The summed E-state index contributed by atoms with van der Waals surface area (Å²) in [4.78, 5) is 51.4. The zero-order chi connectivity index (χ0) is 25.5. The number of carbonyl (C=O) groups excluding carboxylic acids is 4. The molecule has 35 heavy (non-hydrogen) atoms. The molecule has 1 unspecified atom stereocenters. The number of benzene rings is 1. The summed E-state index contributed by atoms with van der Waals surface area (Å²) in [5.41, 5.74) is 0.675. The molecule has 2 aromatic rings. The molecular weight excluding hydrogens is 474 g/mol. The molecular formula is C24H27N3O7S. The van der Waals surface area contributed by atoms with Crippen molar-refractivity contribution in [2.24, 2.45) is 5.92 Å². The van der Waals surface area contributed by atoms with Crippen molar-refractivity contribution in [3.8, 4) is 11.5 Å². The van der Waals surface area contributed by atoms with Crippen LogP contribution in [0.5, 0.6) is 11.5 Å². The number of imide groups is 1. The molecule has 0 bridgehead atoms. The standard InChI is InChI=1S/C24H27N3O7S/c1-14(2)20(26-21(28)17-6-5-11-34-17)22(29)25-9-10-27-23(30)19(35-24(27)31)13-15-7-8-16(32-3)18(12-15)33-4/h5-8,11-14,20H,9-10H2,1-4H3,(H,25,29)(H,26,28)/b19-13-. The van der Waals surface area contributed by atoms with Gasteiger partial charge in [-0.1, -0.05) is 19.9 Å². The molecule has 1 aliphatic heterocycles. The van der Waals surface area contributed by atoms with E-state index in [-0.39, 0.29) is 29.7 Å². The van der Waals surface area contributed by atoms with Crippen molar-refractivity contribution in [3.63, 3.8) is 0 Å². The van der Waals surface area contributed by atoms with Crippen LogP contribution >= 0.6 is 11.8 Å². The summed E-state index contributed by atoms with van der Waals surface area (Å²) >= 11 is 0.823. The average Bonchev–Trinajstić information content (AvgIpc) is 3.46. The third-order valence-electron chi connectivity index (χ3n) is 5.19. The molecule has 1 aliphatic rings. The molecule has 2 N–H and O–H groups in total. The van der Waals surface area contributed by atoms with Gasteiger partial charge in [0, 0.05) is 13.1 Å². The molecule has 1 atom stereocenters. The smallest absolute Gasteiger partial charge is 0.293 e. The minimum Gasteiger partial charge on any atom is -0.493 e. The lowest BCUT2D eigenvalue weighted by molar-refractivity contribution is -0.125. The maximum Gasteiger partial charge on any atom is 0.293 e. The van der Waals surface area contributed by atoms with Crippen LogP contribution < -0.4 is 20.1 Å². The highest BCUT2D eigenvalue weighted by Gasteiger charge is 2.35. The summed E-state index contributed by atoms with van der Waals surface area (Å²) < 4.78 is 15.5. The first-order valence-corrected chi connectivity index (χ1v) is 11.7. The van der Waals surface area contributed by atoms with E-state index in [4.69, 9.17) is 13.9 Å². The Bertz CT molecular complexity index is 1130. The monoisotopic (exact) mass is 501 g/mol. The van der Waals surface area contributed by atoms with Gasteiger partial charge in [0.2, 0.25) is 5.91 Å². The third kappa shape index (κ3) is 6.24. The molecule has 186 valence electrons. The fourth-order valence-corrected chi connectivity index (χ4v) is 4.21. The number of amides is 4. The summed E-state index contributed by atoms with van der Waals surface area (Å²) in [6, 6.07) is 7.43. The quantitative estimate of drug-likeness (QED) is 0.476. The van der Waals surface area contributed by atoms with E-state index < -0.39 is 29.0 Å². The number of ether oxygens (including phenoxy) is 2. The Morgan fingerprint density at radius 3 is 2.51 bits per heavy atom. The number of hydrogen-bond donors (Lipinski definition) is 2. The second kappa shape index (κ2) is 11.6. The van der Waals surface area contributed by atoms with E-state index in [2.05, 4.69) is 10.6 Å². The number of thioether (sulfide) groups is 1. The summed E-state index contributed by atoms with van der Waals surface area (Å²) in [5, 5.41) is 4.90. The van der Waals surface area contributed by atoms with Gasteiger partial charge >= 0.3 is 0 Å². The normalized spacial score (nSPS) is 15.5. The van der Waals surface area contributed by atoms with Crippen molar-refractivity contribution in [2.75, 3.05) is 27.3 Å². The molecule has 1 fully saturated rings. The van der Waals surface area contributed by atoms with Crippen LogP contribution in [0, 0.1) is 5.92 Å². The number of furan rings is 1. The lowest BCUT2D eigenvalue weighted by Crippen LogP contribution is -2.51. The fourth-order valence-electron chi connectivity index (χ4n) is 3.34. The number of hydrogen-bond acceptors (Lipinski definition) is 8. The Hall–Kier alpha value is -3.73. The molecule has 11 heteroatoms. The number of nitrogens with one attached hydrogen (secondary N) is 2. The zero-order valence-electron chi connectivity index (χ0n) is 19.8. The summed E-state index contributed by atoms with van der Waals surface area (Å²) in [6.45, 7) is 3.63. The molecule has 0 saturated carbocycles. The highest BCUT2D eigenvalue weighted by molar-refractivity contribution is 8.18. The molecule has 2 heterocycles. The van der Waals surface area contributed by atoms with E-state index in [9.17, 15) is 19.2 Å². The summed E-state index contributed by atoms with van der Waals surface area (Å²) in [7, 11) is 3.04. The van der Waals surface area contributed by atoms with E-state index >= 15 is 0 Å². The molecule has 1 aromatic heterocycles. The van der Waals surface area contributed by atoms with Gasteiger partial charge in [0.05, 0.1) is 25.4 Å². The van der Waals surface area contributed by atoms with Crippen LogP contribution in [-0.2, 0) is 9.59 Å². The van der Waals surface area contributed by atoms with Crippen molar-refractivity contribution in [3.05, 3.63) is 52.8 Å². The van der Waals surface area contributed by atoms with Crippen LogP contribution in [-0.4, -0.2) is 61.2 Å². The molecule has 0 spiro atoms. The van der Waals surface area contributed by atoms with Gasteiger partial charge in [0.1, 0.15) is 6.04 Å². The van der Waals surface area contributed by atoms with Crippen LogP contribution in [0.3, 0.4) is 0 Å². The summed E-state index contributed by atoms with van der Waals surface area (Å²) in [6.07, 6.45) is 2.97. The topological polar surface area (TPSA) is 127 Å². The minimum atomic E-state index is -0.813. The van der Waals surface area contributed by atoms with Gasteiger partial charge < -0.3 is 24.5 Å². The summed E-state index contributed by atoms with van der Waals surface area (Å²) in [5.74, 6) is -0.424. The Balaban J connectivity index is 1.59. The van der Waals surface area contributed by atoms with Gasteiger partial charge in [0.25, 0.3) is 17.1 Å². The van der Waals surface area contributed by atoms with Crippen LogP contribution in [0.4, 0.5) is 4.79 Å². The van der Waals surface area contributed by atoms with Crippen LogP contribution in [0.15, 0.2) is 45.9 Å². The van der Waals surface area contributed by atoms with Gasteiger partial charge in [-0.25, -0.2) is 0 Å². The van der Waals surface area contributed by atoms with E-state index in [0.29, 0.717) is 17.1 Å². The van der Waals surface area contributed by atoms with Crippen LogP contribution in [0.1, 0.15) is 30.0 Å². The van der Waals surface area contributed by atoms with Crippen LogP contribution in [0.2, 0.25) is 0 Å². The van der Waals surface area contributed by atoms with Crippen molar-refractivity contribution >= 4 is 40.8 Å². The second-order valence-electron chi connectivity index (χ2n) is 7.91. The van der Waals surface area contributed by atoms with E-state index in [1.807, 2.05) is 0 Å². The first kappa shape index (κ1) is 25.9. The number of nitrogens with zero attached hydrogens (tertiary/aromatic N) is 1. The van der Waals surface area contributed by atoms with Crippen molar-refractivity contribution in [1.82, 2.24) is 15.5 Å². The van der Waals surface area contributed by atoms with E-state index in [1.54, 1.807) is 44.2 Å². The largest absolute Gasteiger partial charge is 0.493 e. The number of carbonyl (C=O) groups is 4. The molecule has 0 radical (unpaired) electrons. The van der Waals surface area contributed by atoms with E-state index in [0.717, 1.165) is 16.7 Å². The van der Waals surface area contributed by atoms with Gasteiger partial charge in [0.15, 0.2) is 17.3 Å². The van der Waals surface area contributed by atoms with Crippen LogP contribution in [0.25, 0.3) is 6.08 Å². The maximum atomic E-state index is 12.8. The minimum absolute atomic E-state index is 0.00335. The Labute approximate surface area is 207 Å². The molecule has 1 saturated heterocycles. The average molecular weight is 502 g/mol. The molecule has 1 aromatic carbocycles. The molecule has 0 aliphatic carbocycles. The van der Waals surface area contributed by atoms with Gasteiger partial charge in [-0.05, 0) is 53.6 Å². The second-order valence-corrected chi connectivity index (χ2v) is 8.90. The first-order chi connectivity index (χ1) is 16.7. The molecule has 4 amide bonds. The Morgan fingerprint density at radius 1 is 1.14 bits per heavy atom. The van der Waals surface area contributed by atoms with Gasteiger partial charge in [-0.3, -0.25) is 24.1 Å². The predicted molar refractivity (Wildman–Crippen MR) is 130 cm³/mol. The lowest BCUT2D eigenvalue weighted by Gasteiger charge is -2.22. The number of rotatable bonds is 10. The predicted octanol–water partition coefficient (Wildman–Crippen LogP) is 2.90. The van der Waals surface area contributed by atoms with Gasteiger partial charge in [-0.15, -0.1) is 0 Å². The van der Waals surface area contributed by atoms with Crippen molar-refractivity contribution in [2.45, 2.75) is 19.9 Å². The SMILES string of the molecule is COc1ccc(/C=C2\SC(=O)N(CCNC(=O)C(NC(=O)c3ccco3)C(C)C)C2=O)cc1OC. The molecule has 10 nitrogen and oxygen atoms in total. The highest BCUT2D eigenvalue weighted by atomic mass is 32.2. The van der Waals surface area contributed by atoms with E-state index in [1.165, 1.54) is 26.5 Å². The lowest BCUT2D eigenvalue weighted by atomic mass is 10.0. The Morgan fingerprint density at radius 2 is 1.89 bits per heavy atom. The van der Waals surface area contributed by atoms with Crippen molar-refractivity contribution < 1.29 is 33.1 Å². The third-order valence-corrected chi connectivity index (χ3v) is 6.10. The Kier molecular flexibility index (Phi) is 8.58. The number of methoxy groups -OCH3 is 2. The fraction of sp³-hybridized carbons (Fsp3) is 0.333. The molecule has 3 rings (SSSR count). The zero-order valence-corrected chi connectivity index (χ0v) is 20.6. The maximum absolute atomic E-state index is 12.8.